The molecule has 1 heterocycles. The zero-order chi connectivity index (χ0) is 11.9. The van der Waals surface area contributed by atoms with Crippen LogP contribution in [0.3, 0.4) is 0 Å². The highest BCUT2D eigenvalue weighted by molar-refractivity contribution is 5.32. The number of hydrogen-bond donors (Lipinski definition) is 1. The van der Waals surface area contributed by atoms with E-state index in [1.165, 1.54) is 5.56 Å². The van der Waals surface area contributed by atoms with E-state index in [2.05, 4.69) is 38.3 Å². The zero-order valence-corrected chi connectivity index (χ0v) is 9.59. The van der Waals surface area contributed by atoms with Gasteiger partial charge in [0.25, 0.3) is 7.05 Å². The first-order valence-corrected chi connectivity index (χ1v) is 5.33. The first-order valence-electron chi connectivity index (χ1n) is 5.33. The molecule has 0 saturated heterocycles. The minimum Gasteiger partial charge on any atom is -0.350 e. The van der Waals surface area contributed by atoms with Crippen molar-refractivity contribution in [2.75, 3.05) is 12.4 Å². The van der Waals surface area contributed by atoms with Crippen LogP contribution >= 0.6 is 0 Å². The van der Waals surface area contributed by atoms with Gasteiger partial charge in [0, 0.05) is 6.54 Å². The summed E-state index contributed by atoms with van der Waals surface area (Å²) in [5.41, 5.74) is 1.97. The third-order valence-electron chi connectivity index (χ3n) is 2.19. The maximum atomic E-state index is 4.17. The fourth-order valence-corrected chi connectivity index (χ4v) is 1.38. The number of nitrogens with zero attached hydrogens (tertiary/aromatic N) is 3. The maximum Gasteiger partial charge on any atom is 0.313 e. The van der Waals surface area contributed by atoms with E-state index in [-0.39, 0.29) is 0 Å². The van der Waals surface area contributed by atoms with Crippen LogP contribution in [0.5, 0.6) is 0 Å². The normalized spacial score (nSPS) is 9.24. The third kappa shape index (κ3) is 3.28. The number of hydrogen-bond acceptors (Lipinski definition) is 3. The second-order valence-electron chi connectivity index (χ2n) is 3.47. The molecule has 17 heavy (non-hydrogen) atoms. The minimum atomic E-state index is 0.607. The van der Waals surface area contributed by atoms with Gasteiger partial charge in [0.1, 0.15) is 5.56 Å². The monoisotopic (exact) mass is 225 g/mol. The molecule has 0 unspecified atom stereocenters. The summed E-state index contributed by atoms with van der Waals surface area (Å²) in [4.78, 5) is 12.1. The number of rotatable bonds is 3. The molecule has 0 aliphatic carbocycles. The molecule has 0 bridgehead atoms. The summed E-state index contributed by atoms with van der Waals surface area (Å²) in [5.74, 6) is 0.607. The fraction of sp³-hybridized carbons (Fsp3) is 0.154. The highest BCUT2D eigenvalue weighted by Gasteiger charge is 1.98. The molecule has 0 aliphatic heterocycles. The van der Waals surface area contributed by atoms with E-state index in [0.717, 1.165) is 5.56 Å². The van der Waals surface area contributed by atoms with E-state index < -0.39 is 0 Å². The van der Waals surface area contributed by atoms with Gasteiger partial charge in [0.2, 0.25) is 5.95 Å². The summed E-state index contributed by atoms with van der Waals surface area (Å²) in [5, 5.41) is 3.15. The zero-order valence-electron chi connectivity index (χ0n) is 9.59. The number of nitrogens with one attached hydrogen (secondary N) is 1. The van der Waals surface area contributed by atoms with Gasteiger partial charge in [-0.15, -0.1) is 0 Å². The van der Waals surface area contributed by atoms with E-state index in [0.29, 0.717) is 12.5 Å². The second-order valence-corrected chi connectivity index (χ2v) is 3.47. The second kappa shape index (κ2) is 5.61. The Balaban J connectivity index is 1.97. The smallest absolute Gasteiger partial charge is 0.313 e. The molecule has 2 aromatic rings. The molecule has 0 radical (unpaired) electrons. The minimum absolute atomic E-state index is 0.607. The molecule has 0 atom stereocenters. The molecule has 1 aromatic heterocycles. The van der Waals surface area contributed by atoms with Gasteiger partial charge in [-0.1, -0.05) is 35.2 Å². The lowest BCUT2D eigenvalue weighted by atomic mass is 10.2. The van der Waals surface area contributed by atoms with Crippen molar-refractivity contribution >= 4 is 5.95 Å². The molecule has 4 nitrogen and oxygen atoms in total. The van der Waals surface area contributed by atoms with E-state index >= 15 is 0 Å². The Morgan fingerprint density at radius 1 is 1.18 bits per heavy atom. The SMILES string of the molecule is C[N+]#Cc1cnc(NCc2ccccc2)nc1. The van der Waals surface area contributed by atoms with Crippen LogP contribution in [-0.2, 0) is 6.54 Å². The largest absolute Gasteiger partial charge is 0.350 e. The first-order chi connectivity index (χ1) is 8.38. The first kappa shape index (κ1) is 11.1. The molecule has 84 valence electrons. The molecule has 0 spiro atoms. The lowest BCUT2D eigenvalue weighted by Crippen LogP contribution is -2.03. The van der Waals surface area contributed by atoms with Crippen LogP contribution in [0.1, 0.15) is 11.1 Å². The Labute approximate surface area is 100 Å². The topological polar surface area (TPSA) is 42.2 Å². The average Bonchev–Trinajstić information content (AvgIpc) is 2.40. The van der Waals surface area contributed by atoms with Crippen LogP contribution in [0.2, 0.25) is 0 Å². The van der Waals surface area contributed by atoms with Crippen molar-refractivity contribution in [3.63, 3.8) is 0 Å². The van der Waals surface area contributed by atoms with Crippen LogP contribution in [0, 0.1) is 6.07 Å². The summed E-state index contributed by atoms with van der Waals surface area (Å²) in [7, 11) is 1.67. The number of benzene rings is 1. The molecule has 0 saturated carbocycles. The van der Waals surface area contributed by atoms with Gasteiger partial charge in [0.15, 0.2) is 0 Å². The van der Waals surface area contributed by atoms with Crippen molar-refractivity contribution in [2.24, 2.45) is 0 Å². The van der Waals surface area contributed by atoms with E-state index in [4.69, 9.17) is 0 Å². The molecule has 4 heteroatoms. The lowest BCUT2D eigenvalue weighted by Gasteiger charge is -2.03. The van der Waals surface area contributed by atoms with E-state index in [9.17, 15) is 0 Å². The van der Waals surface area contributed by atoms with Gasteiger partial charge in [-0.2, -0.15) is 0 Å². The predicted molar refractivity (Wildman–Crippen MR) is 68.1 cm³/mol. The van der Waals surface area contributed by atoms with Gasteiger partial charge in [0.05, 0.1) is 12.4 Å². The molecule has 0 amide bonds. The van der Waals surface area contributed by atoms with Gasteiger partial charge in [-0.05, 0) is 5.56 Å². The van der Waals surface area contributed by atoms with Crippen LogP contribution < -0.4 is 5.32 Å². The number of aromatic nitrogens is 2. The van der Waals surface area contributed by atoms with Crippen molar-refractivity contribution in [3.8, 4) is 6.07 Å². The van der Waals surface area contributed by atoms with Crippen molar-refractivity contribution in [1.29, 1.82) is 0 Å². The van der Waals surface area contributed by atoms with Gasteiger partial charge in [-0.25, -0.2) is 9.97 Å². The van der Waals surface area contributed by atoms with Crippen LogP contribution in [-0.4, -0.2) is 17.0 Å². The molecule has 0 aliphatic rings. The Hall–Kier alpha value is -2.41. The van der Waals surface area contributed by atoms with Gasteiger partial charge < -0.3 is 5.32 Å². The maximum absolute atomic E-state index is 4.17. The standard InChI is InChI=1S/C13H12N4/c1-14-7-12-9-16-13(17-10-12)15-8-11-5-3-2-4-6-11/h2-6,9-10H,8H2,1H3/p+1. The van der Waals surface area contributed by atoms with E-state index in [1.807, 2.05) is 18.2 Å². The van der Waals surface area contributed by atoms with Crippen molar-refractivity contribution in [1.82, 2.24) is 9.97 Å². The summed E-state index contributed by atoms with van der Waals surface area (Å²) in [6, 6.07) is 12.9. The molecular formula is C13H13N4+. The third-order valence-corrected chi connectivity index (χ3v) is 2.19. The van der Waals surface area contributed by atoms with Crippen molar-refractivity contribution in [2.45, 2.75) is 6.54 Å². The fourth-order valence-electron chi connectivity index (χ4n) is 1.38. The summed E-state index contributed by atoms with van der Waals surface area (Å²) < 4.78 is 0. The molecule has 1 aromatic carbocycles. The molecule has 1 N–H and O–H groups in total. The van der Waals surface area contributed by atoms with Gasteiger partial charge >= 0.3 is 6.07 Å². The Morgan fingerprint density at radius 2 is 1.88 bits per heavy atom. The van der Waals surface area contributed by atoms with Crippen LogP contribution in [0.25, 0.3) is 4.85 Å². The average molecular weight is 225 g/mol. The van der Waals surface area contributed by atoms with E-state index in [1.54, 1.807) is 19.4 Å². The highest BCUT2D eigenvalue weighted by atomic mass is 15.1. The Bertz CT molecular complexity index is 523. The molecule has 2 rings (SSSR count). The summed E-state index contributed by atoms with van der Waals surface area (Å²) in [6.45, 7) is 0.714. The quantitative estimate of drug-likeness (QED) is 0.872. The Morgan fingerprint density at radius 3 is 2.53 bits per heavy atom. The van der Waals surface area contributed by atoms with Crippen LogP contribution in [0.15, 0.2) is 42.7 Å². The summed E-state index contributed by atoms with van der Waals surface area (Å²) in [6.07, 6.45) is 3.38. The van der Waals surface area contributed by atoms with Crippen molar-refractivity contribution < 1.29 is 0 Å². The molecule has 0 fully saturated rings. The lowest BCUT2D eigenvalue weighted by molar-refractivity contribution is 1.05. The predicted octanol–water partition coefficient (Wildman–Crippen LogP) is 2.40. The highest BCUT2D eigenvalue weighted by Crippen LogP contribution is 2.03. The molecular weight excluding hydrogens is 212 g/mol. The Kier molecular flexibility index (Phi) is 3.66. The summed E-state index contributed by atoms with van der Waals surface area (Å²) >= 11 is 0. The van der Waals surface area contributed by atoms with Crippen molar-refractivity contribution in [3.05, 3.63) is 58.7 Å². The van der Waals surface area contributed by atoms with Gasteiger partial charge in [-0.3, -0.25) is 0 Å². The number of anilines is 1. The van der Waals surface area contributed by atoms with Crippen LogP contribution in [0.4, 0.5) is 5.95 Å².